The fourth-order valence-corrected chi connectivity index (χ4v) is 4.16. The van der Waals surface area contributed by atoms with Crippen molar-refractivity contribution in [1.82, 2.24) is 5.32 Å². The molecule has 1 heteroatoms. The molecule has 1 aliphatic heterocycles. The molecule has 0 aromatic heterocycles. The van der Waals surface area contributed by atoms with Gasteiger partial charge in [0.15, 0.2) is 0 Å². The smallest absolute Gasteiger partial charge is 0.00179 e. The Kier molecular flexibility index (Phi) is 4.29. The number of hydrogen-bond acceptors (Lipinski definition) is 1. The molecule has 1 N–H and O–H groups in total. The first-order valence-corrected chi connectivity index (χ1v) is 7.39. The summed E-state index contributed by atoms with van der Waals surface area (Å²) in [5, 5.41) is 3.58. The average molecular weight is 223 g/mol. The summed E-state index contributed by atoms with van der Waals surface area (Å²) in [6.07, 6.45) is 7.37. The standard InChI is InChI=1S/C15H29N/c1-11(2)15-7-6-13(9-12(15)3)14-5-4-8-16-10-14/h11-16H,4-10H2,1-3H3. The largest absolute Gasteiger partial charge is 0.316 e. The molecular formula is C15H29N. The fraction of sp³-hybridized carbons (Fsp3) is 1.00. The van der Waals surface area contributed by atoms with Gasteiger partial charge in [-0.3, -0.25) is 0 Å². The zero-order valence-electron chi connectivity index (χ0n) is 11.3. The molecule has 0 aromatic carbocycles. The Morgan fingerprint density at radius 3 is 2.44 bits per heavy atom. The van der Waals surface area contributed by atoms with Crippen LogP contribution >= 0.6 is 0 Å². The van der Waals surface area contributed by atoms with E-state index in [1.54, 1.807) is 0 Å². The minimum Gasteiger partial charge on any atom is -0.316 e. The quantitative estimate of drug-likeness (QED) is 0.753. The summed E-state index contributed by atoms with van der Waals surface area (Å²) >= 11 is 0. The van der Waals surface area contributed by atoms with Crippen molar-refractivity contribution in [2.45, 2.75) is 52.9 Å². The van der Waals surface area contributed by atoms with Crippen molar-refractivity contribution in [3.63, 3.8) is 0 Å². The van der Waals surface area contributed by atoms with Crippen LogP contribution < -0.4 is 5.32 Å². The van der Waals surface area contributed by atoms with Gasteiger partial charge in [0.25, 0.3) is 0 Å². The molecule has 4 unspecified atom stereocenters. The predicted octanol–water partition coefficient (Wildman–Crippen LogP) is 3.69. The lowest BCUT2D eigenvalue weighted by molar-refractivity contribution is 0.105. The molecule has 1 saturated carbocycles. The van der Waals surface area contributed by atoms with E-state index in [-0.39, 0.29) is 0 Å². The first-order chi connectivity index (χ1) is 7.68. The topological polar surface area (TPSA) is 12.0 Å². The summed E-state index contributed by atoms with van der Waals surface area (Å²) < 4.78 is 0. The number of nitrogens with one attached hydrogen (secondary N) is 1. The highest BCUT2D eigenvalue weighted by atomic mass is 14.9. The molecule has 2 aliphatic rings. The Labute approximate surface area is 101 Å². The molecule has 2 fully saturated rings. The van der Waals surface area contributed by atoms with Crippen molar-refractivity contribution in [2.24, 2.45) is 29.6 Å². The van der Waals surface area contributed by atoms with Crippen molar-refractivity contribution in [1.29, 1.82) is 0 Å². The van der Waals surface area contributed by atoms with Crippen LogP contribution in [0.2, 0.25) is 0 Å². The third kappa shape index (κ3) is 2.80. The molecule has 1 saturated heterocycles. The van der Waals surface area contributed by atoms with Gasteiger partial charge in [0.1, 0.15) is 0 Å². The van der Waals surface area contributed by atoms with Gasteiger partial charge in [-0.2, -0.15) is 0 Å². The normalized spacial score (nSPS) is 41.2. The molecule has 4 atom stereocenters. The maximum Gasteiger partial charge on any atom is -0.00179 e. The second-order valence-electron chi connectivity index (χ2n) is 6.56. The van der Waals surface area contributed by atoms with Crippen LogP contribution in [0.4, 0.5) is 0 Å². The maximum atomic E-state index is 3.58. The van der Waals surface area contributed by atoms with Gasteiger partial charge >= 0.3 is 0 Å². The number of hydrogen-bond donors (Lipinski definition) is 1. The summed E-state index contributed by atoms with van der Waals surface area (Å²) in [5.41, 5.74) is 0. The van der Waals surface area contributed by atoms with Gasteiger partial charge in [-0.15, -0.1) is 0 Å². The Balaban J connectivity index is 1.86. The van der Waals surface area contributed by atoms with E-state index in [4.69, 9.17) is 0 Å². The maximum absolute atomic E-state index is 3.58. The van der Waals surface area contributed by atoms with Gasteiger partial charge in [-0.1, -0.05) is 20.8 Å². The molecule has 94 valence electrons. The Morgan fingerprint density at radius 1 is 1.06 bits per heavy atom. The lowest BCUT2D eigenvalue weighted by Crippen LogP contribution is -2.38. The molecule has 2 rings (SSSR count). The molecule has 0 spiro atoms. The van der Waals surface area contributed by atoms with E-state index in [2.05, 4.69) is 26.1 Å². The van der Waals surface area contributed by atoms with E-state index in [0.717, 1.165) is 29.6 Å². The van der Waals surface area contributed by atoms with E-state index in [9.17, 15) is 0 Å². The van der Waals surface area contributed by atoms with Crippen LogP contribution in [-0.2, 0) is 0 Å². The minimum atomic E-state index is 0.889. The lowest BCUT2D eigenvalue weighted by Gasteiger charge is -2.41. The van der Waals surface area contributed by atoms with Gasteiger partial charge in [-0.25, -0.2) is 0 Å². The zero-order chi connectivity index (χ0) is 11.5. The highest BCUT2D eigenvalue weighted by Gasteiger charge is 2.33. The minimum absolute atomic E-state index is 0.889. The Bertz CT molecular complexity index is 205. The fourth-order valence-electron chi connectivity index (χ4n) is 4.16. The molecule has 1 aliphatic carbocycles. The molecule has 0 amide bonds. The van der Waals surface area contributed by atoms with Crippen LogP contribution in [0.15, 0.2) is 0 Å². The monoisotopic (exact) mass is 223 g/mol. The molecular weight excluding hydrogens is 194 g/mol. The van der Waals surface area contributed by atoms with Crippen LogP contribution in [0, 0.1) is 29.6 Å². The summed E-state index contributed by atoms with van der Waals surface area (Å²) in [4.78, 5) is 0. The van der Waals surface area contributed by atoms with E-state index in [0.29, 0.717) is 0 Å². The molecule has 1 nitrogen and oxygen atoms in total. The average Bonchev–Trinajstić information content (AvgIpc) is 2.29. The summed E-state index contributed by atoms with van der Waals surface area (Å²) in [6, 6.07) is 0. The van der Waals surface area contributed by atoms with E-state index in [1.165, 1.54) is 45.2 Å². The molecule has 0 radical (unpaired) electrons. The van der Waals surface area contributed by atoms with Crippen LogP contribution in [0.3, 0.4) is 0 Å². The first-order valence-electron chi connectivity index (χ1n) is 7.39. The Morgan fingerprint density at radius 2 is 1.88 bits per heavy atom. The first kappa shape index (κ1) is 12.4. The molecule has 16 heavy (non-hydrogen) atoms. The van der Waals surface area contributed by atoms with Crippen LogP contribution in [0.25, 0.3) is 0 Å². The van der Waals surface area contributed by atoms with Crippen molar-refractivity contribution >= 4 is 0 Å². The van der Waals surface area contributed by atoms with Gasteiger partial charge in [0.2, 0.25) is 0 Å². The van der Waals surface area contributed by atoms with E-state index in [1.807, 2.05) is 0 Å². The van der Waals surface area contributed by atoms with Gasteiger partial charge in [-0.05, 0) is 74.8 Å². The van der Waals surface area contributed by atoms with Crippen molar-refractivity contribution in [2.75, 3.05) is 13.1 Å². The highest BCUT2D eigenvalue weighted by molar-refractivity contribution is 4.85. The van der Waals surface area contributed by atoms with Gasteiger partial charge < -0.3 is 5.32 Å². The van der Waals surface area contributed by atoms with Crippen molar-refractivity contribution in [3.8, 4) is 0 Å². The summed E-state index contributed by atoms with van der Waals surface area (Å²) in [6.45, 7) is 9.86. The SMILES string of the molecule is CC(C)C1CCC(C2CCCNC2)CC1C. The van der Waals surface area contributed by atoms with Crippen molar-refractivity contribution < 1.29 is 0 Å². The van der Waals surface area contributed by atoms with Gasteiger partial charge in [0.05, 0.1) is 0 Å². The van der Waals surface area contributed by atoms with Gasteiger partial charge in [0, 0.05) is 0 Å². The summed E-state index contributed by atoms with van der Waals surface area (Å²) in [7, 11) is 0. The molecule has 0 bridgehead atoms. The van der Waals surface area contributed by atoms with E-state index >= 15 is 0 Å². The number of piperidine rings is 1. The second-order valence-corrected chi connectivity index (χ2v) is 6.56. The van der Waals surface area contributed by atoms with Crippen LogP contribution in [0.1, 0.15) is 52.9 Å². The molecule has 0 aromatic rings. The zero-order valence-corrected chi connectivity index (χ0v) is 11.3. The summed E-state index contributed by atoms with van der Waals surface area (Å²) in [5.74, 6) is 4.86. The lowest BCUT2D eigenvalue weighted by atomic mass is 9.66. The van der Waals surface area contributed by atoms with E-state index < -0.39 is 0 Å². The second kappa shape index (κ2) is 5.53. The predicted molar refractivity (Wildman–Crippen MR) is 70.4 cm³/mol. The van der Waals surface area contributed by atoms with Crippen LogP contribution in [-0.4, -0.2) is 13.1 Å². The third-order valence-electron chi connectivity index (χ3n) is 5.13. The highest BCUT2D eigenvalue weighted by Crippen LogP contribution is 2.41. The Hall–Kier alpha value is -0.0400. The third-order valence-corrected chi connectivity index (χ3v) is 5.13. The number of rotatable bonds is 2. The van der Waals surface area contributed by atoms with Crippen molar-refractivity contribution in [3.05, 3.63) is 0 Å². The van der Waals surface area contributed by atoms with Crippen LogP contribution in [0.5, 0.6) is 0 Å². The molecule has 1 heterocycles.